The van der Waals surface area contributed by atoms with Gasteiger partial charge in [-0.05, 0) is 6.07 Å². The number of rotatable bonds is 4. The molecule has 1 saturated heterocycles. The molecular weight excluding hydrogens is 304 g/mol. The second-order valence-electron chi connectivity index (χ2n) is 4.95. The van der Waals surface area contributed by atoms with Gasteiger partial charge in [-0.1, -0.05) is 6.07 Å². The predicted molar refractivity (Wildman–Crippen MR) is 80.0 cm³/mol. The number of nitrogens with two attached hydrogens (primary N) is 1. The fourth-order valence-corrected chi connectivity index (χ4v) is 2.49. The van der Waals surface area contributed by atoms with E-state index in [1.807, 2.05) is 4.90 Å². The molecule has 0 aliphatic carbocycles. The minimum Gasteiger partial charge on any atom is -0.378 e. The van der Waals surface area contributed by atoms with Crippen LogP contribution in [-0.4, -0.2) is 52.5 Å². The molecule has 10 nitrogen and oxygen atoms in total. The Morgan fingerprint density at radius 2 is 2.09 bits per heavy atom. The lowest BCUT2D eigenvalue weighted by Gasteiger charge is -2.28. The van der Waals surface area contributed by atoms with Crippen LogP contribution in [0.2, 0.25) is 0 Å². The van der Waals surface area contributed by atoms with Crippen molar-refractivity contribution in [3.05, 3.63) is 34.0 Å². The minimum atomic E-state index is -0.756. The summed E-state index contributed by atoms with van der Waals surface area (Å²) in [4.78, 5) is 24.2. The molecule has 2 heterocycles. The number of aromatic nitrogens is 3. The molecule has 0 bridgehead atoms. The second kappa shape index (κ2) is 6.01. The van der Waals surface area contributed by atoms with Crippen molar-refractivity contribution in [3.8, 4) is 11.3 Å². The van der Waals surface area contributed by atoms with Crippen LogP contribution >= 0.6 is 0 Å². The van der Waals surface area contributed by atoms with E-state index in [0.717, 1.165) is 0 Å². The molecule has 0 radical (unpaired) electrons. The number of nitrogens with zero attached hydrogens (tertiary/aromatic N) is 4. The maximum Gasteiger partial charge on any atom is 0.293 e. The van der Waals surface area contributed by atoms with Gasteiger partial charge in [0, 0.05) is 24.7 Å². The van der Waals surface area contributed by atoms with Crippen molar-refractivity contribution in [2.75, 3.05) is 31.2 Å². The van der Waals surface area contributed by atoms with Crippen LogP contribution in [0.3, 0.4) is 0 Å². The molecule has 0 atom stereocenters. The molecule has 0 saturated carbocycles. The summed E-state index contributed by atoms with van der Waals surface area (Å²) in [7, 11) is 0. The molecule has 1 aliphatic heterocycles. The van der Waals surface area contributed by atoms with Gasteiger partial charge in [0.15, 0.2) is 5.69 Å². The van der Waals surface area contributed by atoms with Crippen LogP contribution in [0.25, 0.3) is 11.3 Å². The highest BCUT2D eigenvalue weighted by molar-refractivity contribution is 5.97. The summed E-state index contributed by atoms with van der Waals surface area (Å²) in [6.45, 7) is 2.20. The molecule has 3 N–H and O–H groups in total. The number of ether oxygens (including phenoxy) is 1. The first-order chi connectivity index (χ1) is 11.1. The standard InChI is InChI=1S/C13H14N6O4/c14-13(20)12-11(15-17-16-12)8-1-2-9(10(7-8)19(21)22)18-3-5-23-6-4-18/h1-2,7H,3-6H2,(H2,14,20)(H,15,16,17). The molecule has 1 aliphatic rings. The second-order valence-corrected chi connectivity index (χ2v) is 4.95. The number of aromatic amines is 1. The van der Waals surface area contributed by atoms with E-state index in [1.165, 1.54) is 6.07 Å². The lowest BCUT2D eigenvalue weighted by atomic mass is 10.1. The van der Waals surface area contributed by atoms with Gasteiger partial charge in [-0.3, -0.25) is 14.9 Å². The van der Waals surface area contributed by atoms with Gasteiger partial charge in [0.25, 0.3) is 11.6 Å². The highest BCUT2D eigenvalue weighted by Crippen LogP contribution is 2.33. The smallest absolute Gasteiger partial charge is 0.293 e. The summed E-state index contributed by atoms with van der Waals surface area (Å²) in [5.41, 5.74) is 6.19. The monoisotopic (exact) mass is 318 g/mol. The van der Waals surface area contributed by atoms with Crippen molar-refractivity contribution in [2.45, 2.75) is 0 Å². The van der Waals surface area contributed by atoms with Crippen molar-refractivity contribution in [3.63, 3.8) is 0 Å². The molecule has 10 heteroatoms. The number of hydrogen-bond acceptors (Lipinski definition) is 7. The molecule has 0 spiro atoms. The van der Waals surface area contributed by atoms with Crippen molar-refractivity contribution >= 4 is 17.3 Å². The van der Waals surface area contributed by atoms with Crippen LogP contribution in [0, 0.1) is 10.1 Å². The lowest BCUT2D eigenvalue weighted by molar-refractivity contribution is -0.384. The highest BCUT2D eigenvalue weighted by Gasteiger charge is 2.24. The molecular formula is C13H14N6O4. The van der Waals surface area contributed by atoms with Gasteiger partial charge in [-0.15, -0.1) is 0 Å². The molecule has 1 aromatic heterocycles. The van der Waals surface area contributed by atoms with Crippen LogP contribution in [0.1, 0.15) is 10.5 Å². The van der Waals surface area contributed by atoms with E-state index < -0.39 is 10.8 Å². The van der Waals surface area contributed by atoms with Gasteiger partial charge in [-0.25, -0.2) is 0 Å². The Bertz CT molecular complexity index is 753. The third-order valence-corrected chi connectivity index (χ3v) is 3.58. The fraction of sp³-hybridized carbons (Fsp3) is 0.308. The Morgan fingerprint density at radius 3 is 2.74 bits per heavy atom. The summed E-state index contributed by atoms with van der Waals surface area (Å²) in [6, 6.07) is 4.66. The Morgan fingerprint density at radius 1 is 1.35 bits per heavy atom. The third-order valence-electron chi connectivity index (χ3n) is 3.58. The normalized spacial score (nSPS) is 14.7. The van der Waals surface area contributed by atoms with Gasteiger partial charge in [0.2, 0.25) is 0 Å². The number of nitro benzene ring substituents is 1. The van der Waals surface area contributed by atoms with E-state index in [4.69, 9.17) is 10.5 Å². The maximum absolute atomic E-state index is 11.4. The summed E-state index contributed by atoms with van der Waals surface area (Å²) < 4.78 is 5.26. The summed E-state index contributed by atoms with van der Waals surface area (Å²) in [6.07, 6.45) is 0. The number of benzene rings is 1. The third kappa shape index (κ3) is 2.83. The number of morpholine rings is 1. The van der Waals surface area contributed by atoms with E-state index in [9.17, 15) is 14.9 Å². The average molecular weight is 318 g/mol. The van der Waals surface area contributed by atoms with E-state index >= 15 is 0 Å². The largest absolute Gasteiger partial charge is 0.378 e. The molecule has 23 heavy (non-hydrogen) atoms. The average Bonchev–Trinajstić information content (AvgIpc) is 3.05. The molecule has 1 fully saturated rings. The van der Waals surface area contributed by atoms with Crippen LogP contribution in [0.15, 0.2) is 18.2 Å². The Hall–Kier alpha value is -3.01. The van der Waals surface area contributed by atoms with E-state index in [-0.39, 0.29) is 17.1 Å². The van der Waals surface area contributed by atoms with Gasteiger partial charge in [0.1, 0.15) is 11.4 Å². The maximum atomic E-state index is 11.4. The number of carbonyl (C=O) groups is 1. The number of primary amides is 1. The lowest BCUT2D eigenvalue weighted by Crippen LogP contribution is -2.36. The van der Waals surface area contributed by atoms with Gasteiger partial charge < -0.3 is 15.4 Å². The Balaban J connectivity index is 2.04. The van der Waals surface area contributed by atoms with Crippen LogP contribution in [-0.2, 0) is 4.74 Å². The highest BCUT2D eigenvalue weighted by atomic mass is 16.6. The summed E-state index contributed by atoms with van der Waals surface area (Å²) >= 11 is 0. The number of nitro groups is 1. The first-order valence-electron chi connectivity index (χ1n) is 6.90. The SMILES string of the molecule is NC(=O)c1n[nH]nc1-c1ccc(N2CCOCC2)c([N+](=O)[O-])c1. The predicted octanol–water partition coefficient (Wildman–Crippen LogP) is 0.315. The zero-order valence-corrected chi connectivity index (χ0v) is 12.1. The van der Waals surface area contributed by atoms with Crippen LogP contribution < -0.4 is 10.6 Å². The molecule has 1 aromatic carbocycles. The number of hydrogen-bond donors (Lipinski definition) is 2. The summed E-state index contributed by atoms with van der Waals surface area (Å²) in [5, 5.41) is 21.3. The zero-order valence-electron chi connectivity index (χ0n) is 12.1. The molecule has 0 unspecified atom stereocenters. The molecule has 3 rings (SSSR count). The van der Waals surface area contributed by atoms with Gasteiger partial charge >= 0.3 is 0 Å². The fourth-order valence-electron chi connectivity index (χ4n) is 2.49. The Labute approximate surface area is 130 Å². The first kappa shape index (κ1) is 14.9. The molecule has 1 amide bonds. The van der Waals surface area contributed by atoms with E-state index in [1.54, 1.807) is 12.1 Å². The topological polar surface area (TPSA) is 140 Å². The van der Waals surface area contributed by atoms with Gasteiger partial charge in [-0.2, -0.15) is 15.4 Å². The quantitative estimate of drug-likeness (QED) is 0.610. The number of nitrogens with one attached hydrogen (secondary N) is 1. The van der Waals surface area contributed by atoms with E-state index in [2.05, 4.69) is 15.4 Å². The minimum absolute atomic E-state index is 0.0570. The van der Waals surface area contributed by atoms with Crippen molar-refractivity contribution in [1.82, 2.24) is 15.4 Å². The van der Waals surface area contributed by atoms with Crippen LogP contribution in [0.5, 0.6) is 0 Å². The first-order valence-corrected chi connectivity index (χ1v) is 6.90. The molecule has 2 aromatic rings. The summed E-state index contributed by atoms with van der Waals surface area (Å²) in [5.74, 6) is -0.756. The molecule has 120 valence electrons. The zero-order chi connectivity index (χ0) is 16.4. The van der Waals surface area contributed by atoms with E-state index in [0.29, 0.717) is 37.6 Å². The van der Waals surface area contributed by atoms with Gasteiger partial charge in [0.05, 0.1) is 18.1 Å². The van der Waals surface area contributed by atoms with Crippen molar-refractivity contribution < 1.29 is 14.5 Å². The number of H-pyrrole nitrogens is 1. The number of amides is 1. The van der Waals surface area contributed by atoms with Crippen molar-refractivity contribution in [2.24, 2.45) is 5.73 Å². The number of carbonyl (C=O) groups excluding carboxylic acids is 1. The number of anilines is 1. The van der Waals surface area contributed by atoms with Crippen molar-refractivity contribution in [1.29, 1.82) is 0 Å². The Kier molecular flexibility index (Phi) is 3.89. The van der Waals surface area contributed by atoms with Crippen LogP contribution in [0.4, 0.5) is 11.4 Å².